The Bertz CT molecular complexity index is 3190. The smallest absolute Gasteiger partial charge is 0.394 e. The van der Waals surface area contributed by atoms with Gasteiger partial charge >= 0.3 is 6.03 Å². The van der Waals surface area contributed by atoms with Crippen LogP contribution >= 0.6 is 0 Å². The van der Waals surface area contributed by atoms with Gasteiger partial charge in [0.2, 0.25) is 17.6 Å². The van der Waals surface area contributed by atoms with E-state index < -0.39 is 40.6 Å². The fourth-order valence-electron chi connectivity index (χ4n) is 12.3. The Morgan fingerprint density at radius 2 is 1.71 bits per heavy atom. The van der Waals surface area contributed by atoms with Crippen LogP contribution in [0.3, 0.4) is 0 Å². The SMILES string of the molecule is Cc1cc(C(=O)N2CCC(CN3CCN(Cc4ccc5c(c4)[N+]4(CC4)C(=O)N5C4CCC(=O)NC4=O)C[C@@H]3C)CC2)cc(F)c1C1=CCN([C@@H](C)c2cc3c(-n4cc(F)c(N)c(F)c4=O)ccnc3n2C)CC1. The van der Waals surface area contributed by atoms with Gasteiger partial charge in [-0.2, -0.15) is 8.87 Å². The highest BCUT2D eigenvalue weighted by molar-refractivity contribution is 6.16. The molecule has 1 spiro atoms. The largest absolute Gasteiger partial charge is 0.430 e. The molecule has 5 amide bonds. The first-order valence-electron chi connectivity index (χ1n) is 25.5. The van der Waals surface area contributed by atoms with Crippen LogP contribution in [0.5, 0.6) is 0 Å². The molecule has 16 nitrogen and oxygen atoms in total. The average Bonchev–Trinajstić information content (AvgIpc) is 4.08. The van der Waals surface area contributed by atoms with E-state index in [0.29, 0.717) is 91.8 Å². The molecule has 0 saturated carbocycles. The predicted octanol–water partition coefficient (Wildman–Crippen LogP) is 6.01. The van der Waals surface area contributed by atoms with Crippen molar-refractivity contribution in [1.82, 2.24) is 43.5 Å². The van der Waals surface area contributed by atoms with E-state index in [1.165, 1.54) is 18.3 Å². The third-order valence-electron chi connectivity index (χ3n) is 16.6. The molecule has 19 heteroatoms. The van der Waals surface area contributed by atoms with Gasteiger partial charge in [-0.15, -0.1) is 0 Å². The van der Waals surface area contributed by atoms with E-state index >= 15 is 4.39 Å². The molecule has 73 heavy (non-hydrogen) atoms. The Morgan fingerprint density at radius 1 is 0.932 bits per heavy atom. The first-order chi connectivity index (χ1) is 35.0. The van der Waals surface area contributed by atoms with Crippen molar-refractivity contribution in [2.75, 3.05) is 76.1 Å². The quantitative estimate of drug-likeness (QED) is 0.0964. The highest BCUT2D eigenvalue weighted by Crippen LogP contribution is 2.50. The number of rotatable bonds is 10. The number of fused-ring (bicyclic) bond motifs is 3. The molecule has 1 unspecified atom stereocenters. The van der Waals surface area contributed by atoms with Crippen molar-refractivity contribution in [2.24, 2.45) is 13.0 Å². The molecule has 4 saturated heterocycles. The second-order valence-electron chi connectivity index (χ2n) is 21.0. The van der Waals surface area contributed by atoms with Gasteiger partial charge in [0, 0.05) is 119 Å². The van der Waals surface area contributed by atoms with E-state index in [9.17, 15) is 32.8 Å². The summed E-state index contributed by atoms with van der Waals surface area (Å²) in [6.07, 6.45) is 7.29. The summed E-state index contributed by atoms with van der Waals surface area (Å²) in [4.78, 5) is 80.3. The molecule has 382 valence electrons. The number of aryl methyl sites for hydroxylation is 2. The Hall–Kier alpha value is -6.67. The fourth-order valence-corrected chi connectivity index (χ4v) is 12.3. The number of hydrogen-bond acceptors (Lipinski definition) is 10. The van der Waals surface area contributed by atoms with Crippen molar-refractivity contribution in [3.05, 3.63) is 117 Å². The Morgan fingerprint density at radius 3 is 2.41 bits per heavy atom. The summed E-state index contributed by atoms with van der Waals surface area (Å²) < 4.78 is 48.2. The molecule has 0 aliphatic carbocycles. The van der Waals surface area contributed by atoms with Crippen molar-refractivity contribution in [2.45, 2.75) is 77.5 Å². The summed E-state index contributed by atoms with van der Waals surface area (Å²) in [5, 5.41) is 2.96. The lowest BCUT2D eigenvalue weighted by Gasteiger charge is -2.42. The van der Waals surface area contributed by atoms with E-state index in [4.69, 9.17) is 5.73 Å². The zero-order valence-corrected chi connectivity index (χ0v) is 41.7. The molecule has 3 N–H and O–H groups in total. The van der Waals surface area contributed by atoms with Crippen LogP contribution in [0, 0.1) is 30.3 Å². The second kappa shape index (κ2) is 18.7. The summed E-state index contributed by atoms with van der Waals surface area (Å²) >= 11 is 0. The van der Waals surface area contributed by atoms with E-state index in [0.717, 1.165) is 84.5 Å². The van der Waals surface area contributed by atoms with Crippen molar-refractivity contribution < 1.29 is 32.3 Å². The summed E-state index contributed by atoms with van der Waals surface area (Å²) in [6.45, 7) is 14.5. The number of urea groups is 1. The number of amides is 5. The van der Waals surface area contributed by atoms with Crippen molar-refractivity contribution in [3.63, 3.8) is 0 Å². The third-order valence-corrected chi connectivity index (χ3v) is 16.6. The number of anilines is 2. The van der Waals surface area contributed by atoms with Gasteiger partial charge in [-0.3, -0.25) is 43.8 Å². The maximum atomic E-state index is 16.1. The number of imide groups is 1. The minimum absolute atomic E-state index is 0.0799. The van der Waals surface area contributed by atoms with Crippen molar-refractivity contribution >= 4 is 57.4 Å². The fraction of sp³-hybridized carbons (Fsp3) is 0.444. The number of quaternary nitrogens is 1. The summed E-state index contributed by atoms with van der Waals surface area (Å²) in [5.74, 6) is -3.22. The summed E-state index contributed by atoms with van der Waals surface area (Å²) in [5.41, 5.74) is 10.6. The molecule has 4 fully saturated rings. The molecular weight excluding hydrogens is 940 g/mol. The first-order valence-corrected chi connectivity index (χ1v) is 25.5. The molecule has 11 rings (SSSR count). The van der Waals surface area contributed by atoms with E-state index in [1.54, 1.807) is 4.90 Å². The minimum atomic E-state index is -1.36. The number of nitrogens with one attached hydrogen (secondary N) is 1. The lowest BCUT2D eigenvalue weighted by atomic mass is 9.92. The number of nitrogen functional groups attached to an aromatic ring is 1. The first kappa shape index (κ1) is 48.6. The van der Waals surface area contributed by atoms with Crippen LogP contribution in [-0.4, -0.2) is 135 Å². The van der Waals surface area contributed by atoms with Gasteiger partial charge in [-0.1, -0.05) is 12.1 Å². The number of nitrogens with two attached hydrogens (primary N) is 1. The Kier molecular flexibility index (Phi) is 12.4. The van der Waals surface area contributed by atoms with E-state index in [2.05, 4.69) is 44.1 Å². The Balaban J connectivity index is 0.676. The molecule has 0 bridgehead atoms. The van der Waals surface area contributed by atoms with E-state index in [1.807, 2.05) is 54.6 Å². The van der Waals surface area contributed by atoms with E-state index in [-0.39, 0.29) is 40.5 Å². The number of halogens is 3. The number of likely N-dealkylation sites (tertiary alicyclic amines) is 1. The molecule has 2 aromatic carbocycles. The van der Waals surface area contributed by atoms with Crippen LogP contribution in [0.25, 0.3) is 22.3 Å². The zero-order chi connectivity index (χ0) is 51.2. The Labute approximate surface area is 421 Å². The maximum Gasteiger partial charge on any atom is 0.430 e. The molecule has 3 aromatic heterocycles. The molecule has 9 heterocycles. The molecule has 6 aliphatic rings. The van der Waals surface area contributed by atoms with Crippen LogP contribution in [0.15, 0.2) is 65.7 Å². The van der Waals surface area contributed by atoms with Crippen LogP contribution in [0.1, 0.15) is 84.7 Å². The number of aromatic nitrogens is 3. The normalized spacial score (nSPS) is 22.3. The van der Waals surface area contributed by atoms with Gasteiger partial charge in [0.15, 0.2) is 11.5 Å². The predicted molar refractivity (Wildman–Crippen MR) is 271 cm³/mol. The summed E-state index contributed by atoms with van der Waals surface area (Å²) in [6, 6.07) is 12.2. The number of carbonyl (C=O) groups excluding carboxylic acids is 4. The van der Waals surface area contributed by atoms with Crippen molar-refractivity contribution in [3.8, 4) is 5.69 Å². The van der Waals surface area contributed by atoms with Gasteiger partial charge in [-0.25, -0.2) is 23.5 Å². The van der Waals surface area contributed by atoms with Crippen LogP contribution in [0.2, 0.25) is 0 Å². The standard InChI is InChI=1S/C54H60F3N11O5/c1-31-23-37(25-39(55)47(31)36-12-17-63(18-13-36)33(3)44-26-38-41(9-14-59-50(38)61(44)4)66-30-40(56)49(58)48(57)53(66)72)52(71)64-15-10-34(11-16-64)29-65-20-19-62(27-32(65)2)28-35-5-6-42-45(24-35)68(21-22-68)54(73)67(42)43-7-8-46(69)60-51(43)70/h5-6,9,12,14,23-26,30,32-34,43H,7-8,10-11,13,15-22,27-29H2,1-4H3,(H2-,58,60,69,70,72)/p+1/t32-,33-,43?/m0/s1. The highest BCUT2D eigenvalue weighted by atomic mass is 19.1. The molecule has 3 atom stereocenters. The second-order valence-corrected chi connectivity index (χ2v) is 21.0. The molecule has 6 aliphatic heterocycles. The third kappa shape index (κ3) is 8.52. The number of nitrogens with zero attached hydrogens (tertiary/aromatic N) is 9. The number of carbonyl (C=O) groups is 4. The van der Waals surface area contributed by atoms with Crippen LogP contribution < -0.4 is 26.0 Å². The number of hydrogen-bond donors (Lipinski definition) is 2. The number of benzene rings is 2. The summed E-state index contributed by atoms with van der Waals surface area (Å²) in [7, 11) is 1.85. The van der Waals surface area contributed by atoms with Gasteiger partial charge in [0.05, 0.1) is 11.9 Å². The lowest BCUT2D eigenvalue weighted by Crippen LogP contribution is -2.55. The number of pyridine rings is 2. The van der Waals surface area contributed by atoms with Crippen LogP contribution in [-0.2, 0) is 23.2 Å². The van der Waals surface area contributed by atoms with Gasteiger partial charge in [-0.05, 0) is 99.4 Å². The number of piperidine rings is 2. The lowest BCUT2D eigenvalue weighted by molar-refractivity contribution is -0.134. The van der Waals surface area contributed by atoms with Gasteiger partial charge in [0.1, 0.15) is 42.0 Å². The number of piperazine rings is 1. The van der Waals surface area contributed by atoms with Gasteiger partial charge < -0.3 is 15.2 Å². The highest BCUT2D eigenvalue weighted by Gasteiger charge is 2.63. The van der Waals surface area contributed by atoms with Crippen LogP contribution in [0.4, 0.5) is 35.0 Å². The molecule has 5 aromatic rings. The molecular formula is C54H61F3N11O5+. The minimum Gasteiger partial charge on any atom is -0.394 e. The molecule has 0 radical (unpaired) electrons. The van der Waals surface area contributed by atoms with Crippen molar-refractivity contribution in [1.29, 1.82) is 0 Å². The maximum absolute atomic E-state index is 16.1. The average molecular weight is 1000 g/mol. The monoisotopic (exact) mass is 1000 g/mol. The van der Waals surface area contributed by atoms with Gasteiger partial charge in [0.25, 0.3) is 11.5 Å². The zero-order valence-electron chi connectivity index (χ0n) is 41.7. The topological polar surface area (TPSA) is 162 Å².